The molecule has 4 aromatic rings. The molecule has 0 amide bonds. The summed E-state index contributed by atoms with van der Waals surface area (Å²) in [4.78, 5) is 24.1. The molecule has 8 nitrogen and oxygen atoms in total. The van der Waals surface area contributed by atoms with Crippen molar-refractivity contribution in [2.24, 2.45) is 7.05 Å². The molecule has 0 atom stereocenters. The number of rotatable bonds is 3. The van der Waals surface area contributed by atoms with Crippen LogP contribution in [0.25, 0.3) is 22.4 Å². The maximum absolute atomic E-state index is 11.9. The second-order valence-electron chi connectivity index (χ2n) is 5.50. The van der Waals surface area contributed by atoms with Crippen LogP contribution in [0.2, 0.25) is 0 Å². The second-order valence-corrected chi connectivity index (χ2v) is 5.50. The Hall–Kier alpha value is -3.68. The number of hydrogen-bond donors (Lipinski definition) is 2. The summed E-state index contributed by atoms with van der Waals surface area (Å²) < 4.78 is 2.36. The number of aromatic nitrogens is 5. The average Bonchev–Trinajstić information content (AvgIpc) is 3.06. The Morgan fingerprint density at radius 2 is 2.00 bits per heavy atom. The average molecular weight is 334 g/mol. The van der Waals surface area contributed by atoms with Crippen LogP contribution in [0, 0.1) is 0 Å². The monoisotopic (exact) mass is 334 g/mol. The fourth-order valence-electron chi connectivity index (χ4n) is 2.66. The van der Waals surface area contributed by atoms with Crippen LogP contribution < -0.4 is 11.0 Å². The highest BCUT2D eigenvalue weighted by atomic mass is 16.5. The number of nitrogens with zero attached hydrogens (tertiary/aromatic N) is 5. The fraction of sp³-hybridized carbons (Fsp3) is 0.0588. The van der Waals surface area contributed by atoms with Gasteiger partial charge in [0.2, 0.25) is 0 Å². The van der Waals surface area contributed by atoms with Crippen LogP contribution in [0.4, 0.5) is 11.5 Å². The minimum absolute atomic E-state index is 0.144. The van der Waals surface area contributed by atoms with Gasteiger partial charge in [-0.25, -0.2) is 14.8 Å². The maximum Gasteiger partial charge on any atom is 0.384 e. The molecule has 3 heterocycles. The lowest BCUT2D eigenvalue weighted by molar-refractivity contribution is 0.182. The molecular formula is C17H14N6O2. The largest absolute Gasteiger partial charge is 0.422 e. The Morgan fingerprint density at radius 3 is 2.80 bits per heavy atom. The molecule has 0 aliphatic rings. The number of pyridine rings is 1. The molecule has 0 fully saturated rings. The van der Waals surface area contributed by atoms with Crippen molar-refractivity contribution >= 4 is 22.5 Å². The highest BCUT2D eigenvalue weighted by Gasteiger charge is 2.11. The van der Waals surface area contributed by atoms with Crippen molar-refractivity contribution in [2.75, 3.05) is 5.32 Å². The third-order valence-corrected chi connectivity index (χ3v) is 3.84. The van der Waals surface area contributed by atoms with E-state index >= 15 is 0 Å². The van der Waals surface area contributed by atoms with Crippen molar-refractivity contribution in [2.45, 2.75) is 0 Å². The van der Waals surface area contributed by atoms with Crippen molar-refractivity contribution in [3.63, 3.8) is 0 Å². The van der Waals surface area contributed by atoms with Crippen LogP contribution in [0.1, 0.15) is 0 Å². The lowest BCUT2D eigenvalue weighted by Crippen LogP contribution is -2.23. The standard InChI is InChI=1S/C17H14N6O2/c1-22-9-8-19-15(22)11-4-2-5-12(10-11)20-14-13-6-3-7-18-16(13)23(25)17(24)21-14/h2-10,25H,1H3,(H,20,21,24). The Morgan fingerprint density at radius 1 is 1.12 bits per heavy atom. The molecule has 0 saturated carbocycles. The molecule has 8 heteroatoms. The minimum Gasteiger partial charge on any atom is -0.422 e. The number of hydrogen-bond acceptors (Lipinski definition) is 6. The topological polar surface area (TPSA) is 97.9 Å². The first-order valence-corrected chi connectivity index (χ1v) is 7.55. The third kappa shape index (κ3) is 2.59. The summed E-state index contributed by atoms with van der Waals surface area (Å²) in [6.45, 7) is 0. The molecule has 0 bridgehead atoms. The Labute approximate surface area is 142 Å². The van der Waals surface area contributed by atoms with E-state index in [0.29, 0.717) is 15.9 Å². The van der Waals surface area contributed by atoms with Gasteiger partial charge in [0.05, 0.1) is 5.39 Å². The summed E-state index contributed by atoms with van der Waals surface area (Å²) in [7, 11) is 1.92. The number of anilines is 2. The summed E-state index contributed by atoms with van der Waals surface area (Å²) >= 11 is 0. The number of aryl methyl sites for hydroxylation is 1. The quantitative estimate of drug-likeness (QED) is 0.557. The SMILES string of the molecule is Cn1ccnc1-c1cccc(Nc2nc(=O)n(O)c3ncccc23)c1. The lowest BCUT2D eigenvalue weighted by Gasteiger charge is -2.10. The third-order valence-electron chi connectivity index (χ3n) is 3.84. The summed E-state index contributed by atoms with van der Waals surface area (Å²) in [5.74, 6) is 1.16. The van der Waals surface area contributed by atoms with E-state index in [9.17, 15) is 10.0 Å². The predicted molar refractivity (Wildman–Crippen MR) is 92.9 cm³/mol. The smallest absolute Gasteiger partial charge is 0.384 e. The van der Waals surface area contributed by atoms with Gasteiger partial charge in [0.15, 0.2) is 5.65 Å². The molecule has 0 saturated heterocycles. The van der Waals surface area contributed by atoms with Gasteiger partial charge < -0.3 is 15.1 Å². The van der Waals surface area contributed by atoms with Crippen LogP contribution in [-0.2, 0) is 7.05 Å². The van der Waals surface area contributed by atoms with Gasteiger partial charge in [0.1, 0.15) is 11.6 Å². The zero-order valence-corrected chi connectivity index (χ0v) is 13.3. The van der Waals surface area contributed by atoms with E-state index in [2.05, 4.69) is 20.3 Å². The van der Waals surface area contributed by atoms with Crippen molar-refractivity contribution in [3.05, 3.63) is 65.5 Å². The van der Waals surface area contributed by atoms with Crippen molar-refractivity contribution < 1.29 is 5.21 Å². The maximum atomic E-state index is 11.9. The van der Waals surface area contributed by atoms with Crippen LogP contribution in [0.3, 0.4) is 0 Å². The van der Waals surface area contributed by atoms with E-state index < -0.39 is 5.69 Å². The van der Waals surface area contributed by atoms with Crippen molar-refractivity contribution in [3.8, 4) is 11.4 Å². The number of fused-ring (bicyclic) bond motifs is 1. The molecule has 0 aliphatic heterocycles. The fourth-order valence-corrected chi connectivity index (χ4v) is 2.66. The molecule has 2 N–H and O–H groups in total. The molecular weight excluding hydrogens is 320 g/mol. The van der Waals surface area contributed by atoms with E-state index in [1.165, 1.54) is 6.20 Å². The first-order chi connectivity index (χ1) is 12.1. The van der Waals surface area contributed by atoms with Gasteiger partial charge in [0.25, 0.3) is 0 Å². The second kappa shape index (κ2) is 5.75. The van der Waals surface area contributed by atoms with E-state index in [-0.39, 0.29) is 5.65 Å². The van der Waals surface area contributed by atoms with Crippen molar-refractivity contribution in [1.82, 2.24) is 24.2 Å². The van der Waals surface area contributed by atoms with Crippen molar-refractivity contribution in [1.29, 1.82) is 0 Å². The van der Waals surface area contributed by atoms with E-state index in [1.54, 1.807) is 18.3 Å². The Bertz CT molecular complexity index is 1130. The minimum atomic E-state index is -0.797. The molecule has 4 rings (SSSR count). The summed E-state index contributed by atoms with van der Waals surface area (Å²) in [6.07, 6.45) is 5.11. The number of nitrogens with one attached hydrogen (secondary N) is 1. The normalized spacial score (nSPS) is 10.9. The first kappa shape index (κ1) is 14.9. The van der Waals surface area contributed by atoms with Crippen LogP contribution in [0.5, 0.6) is 0 Å². The Balaban J connectivity index is 1.79. The molecule has 0 aliphatic carbocycles. The molecule has 124 valence electrons. The molecule has 1 aromatic carbocycles. The van der Waals surface area contributed by atoms with E-state index in [4.69, 9.17) is 0 Å². The summed E-state index contributed by atoms with van der Waals surface area (Å²) in [5, 5.41) is 13.4. The molecule has 0 spiro atoms. The highest BCUT2D eigenvalue weighted by molar-refractivity contribution is 5.88. The summed E-state index contributed by atoms with van der Waals surface area (Å²) in [5.41, 5.74) is 1.02. The van der Waals surface area contributed by atoms with Gasteiger partial charge in [-0.2, -0.15) is 4.98 Å². The molecule has 0 unspecified atom stereocenters. The highest BCUT2D eigenvalue weighted by Crippen LogP contribution is 2.25. The zero-order chi connectivity index (χ0) is 17.4. The van der Waals surface area contributed by atoms with Gasteiger partial charge in [-0.1, -0.05) is 12.1 Å². The van der Waals surface area contributed by atoms with Crippen LogP contribution in [0.15, 0.2) is 59.8 Å². The van der Waals surface area contributed by atoms with E-state index in [1.807, 2.05) is 42.1 Å². The van der Waals surface area contributed by atoms with Gasteiger partial charge in [-0.15, -0.1) is 4.73 Å². The number of benzene rings is 1. The van der Waals surface area contributed by atoms with Crippen LogP contribution in [-0.4, -0.2) is 29.5 Å². The van der Waals surface area contributed by atoms with Gasteiger partial charge in [-0.3, -0.25) is 0 Å². The molecule has 3 aromatic heterocycles. The van der Waals surface area contributed by atoms with Gasteiger partial charge >= 0.3 is 5.69 Å². The zero-order valence-electron chi connectivity index (χ0n) is 13.3. The first-order valence-electron chi connectivity index (χ1n) is 7.55. The number of imidazole rings is 1. The molecule has 25 heavy (non-hydrogen) atoms. The predicted octanol–water partition coefficient (Wildman–Crippen LogP) is 2.17. The Kier molecular flexibility index (Phi) is 3.42. The van der Waals surface area contributed by atoms with Gasteiger partial charge in [-0.05, 0) is 24.3 Å². The van der Waals surface area contributed by atoms with E-state index in [0.717, 1.165) is 17.1 Å². The molecule has 0 radical (unpaired) electrons. The van der Waals surface area contributed by atoms with Crippen LogP contribution >= 0.6 is 0 Å². The lowest BCUT2D eigenvalue weighted by atomic mass is 10.2. The van der Waals surface area contributed by atoms with Gasteiger partial charge in [0, 0.05) is 36.9 Å². The summed E-state index contributed by atoms with van der Waals surface area (Å²) in [6, 6.07) is 11.1.